The Hall–Kier alpha value is -1.57. The zero-order valence-corrected chi connectivity index (χ0v) is 11.3. The van der Waals surface area contributed by atoms with Crippen molar-refractivity contribution < 1.29 is 0 Å². The van der Waals surface area contributed by atoms with Crippen molar-refractivity contribution in [2.24, 2.45) is 0 Å². The molecular formula is C15H20N2. The first-order valence-electron chi connectivity index (χ1n) is 6.03. The van der Waals surface area contributed by atoms with Crippen molar-refractivity contribution in [2.45, 2.75) is 40.0 Å². The van der Waals surface area contributed by atoms with Crippen molar-refractivity contribution >= 4 is 0 Å². The average molecular weight is 228 g/mol. The van der Waals surface area contributed by atoms with E-state index >= 15 is 0 Å². The number of para-hydroxylation sites is 1. The molecule has 2 rings (SSSR count). The van der Waals surface area contributed by atoms with Crippen molar-refractivity contribution in [3.05, 3.63) is 47.3 Å². The molecule has 0 fully saturated rings. The lowest BCUT2D eigenvalue weighted by atomic mass is 9.89. The number of benzene rings is 1. The maximum atomic E-state index is 4.66. The summed E-state index contributed by atoms with van der Waals surface area (Å²) in [5, 5.41) is 4.66. The first-order valence-corrected chi connectivity index (χ1v) is 6.03. The smallest absolute Gasteiger partial charge is 0.0649 e. The Bertz CT molecular complexity index is 516. The summed E-state index contributed by atoms with van der Waals surface area (Å²) >= 11 is 0. The molecule has 0 unspecified atom stereocenters. The van der Waals surface area contributed by atoms with E-state index in [4.69, 9.17) is 0 Å². The standard InChI is InChI=1S/C15H20N2/c1-11-12(2)16-17(14(11)15(3,4)5)13-9-7-6-8-10-13/h6-10H,1-5H3. The van der Waals surface area contributed by atoms with Crippen LogP contribution in [0.2, 0.25) is 0 Å². The third kappa shape index (κ3) is 2.12. The highest BCUT2D eigenvalue weighted by Gasteiger charge is 2.24. The van der Waals surface area contributed by atoms with Crippen LogP contribution in [0.5, 0.6) is 0 Å². The summed E-state index contributed by atoms with van der Waals surface area (Å²) in [6, 6.07) is 10.3. The maximum absolute atomic E-state index is 4.66. The minimum absolute atomic E-state index is 0.0984. The van der Waals surface area contributed by atoms with Gasteiger partial charge in [0.2, 0.25) is 0 Å². The van der Waals surface area contributed by atoms with Gasteiger partial charge in [-0.1, -0.05) is 39.0 Å². The highest BCUT2D eigenvalue weighted by molar-refractivity contribution is 5.39. The topological polar surface area (TPSA) is 17.8 Å². The highest BCUT2D eigenvalue weighted by Crippen LogP contribution is 2.29. The maximum Gasteiger partial charge on any atom is 0.0649 e. The molecule has 0 saturated heterocycles. The zero-order valence-electron chi connectivity index (χ0n) is 11.3. The molecule has 0 aliphatic rings. The molecule has 0 atom stereocenters. The average Bonchev–Trinajstić information content (AvgIpc) is 2.56. The Labute approximate surface area is 103 Å². The number of rotatable bonds is 1. The van der Waals surface area contributed by atoms with E-state index in [1.807, 2.05) is 18.2 Å². The van der Waals surface area contributed by atoms with Crippen LogP contribution < -0.4 is 0 Å². The van der Waals surface area contributed by atoms with Gasteiger partial charge in [-0.25, -0.2) is 4.68 Å². The van der Waals surface area contributed by atoms with Crippen molar-refractivity contribution in [2.75, 3.05) is 0 Å². The molecule has 0 amide bonds. The molecule has 0 bridgehead atoms. The molecule has 0 spiro atoms. The number of aryl methyl sites for hydroxylation is 1. The fourth-order valence-corrected chi connectivity index (χ4v) is 2.24. The van der Waals surface area contributed by atoms with Crippen molar-refractivity contribution in [3.63, 3.8) is 0 Å². The molecule has 0 N–H and O–H groups in total. The molecule has 1 aromatic carbocycles. The van der Waals surface area contributed by atoms with Crippen LogP contribution in [0.15, 0.2) is 30.3 Å². The van der Waals surface area contributed by atoms with Gasteiger partial charge in [0.05, 0.1) is 17.1 Å². The van der Waals surface area contributed by atoms with Crippen LogP contribution in [0.25, 0.3) is 5.69 Å². The van der Waals surface area contributed by atoms with Crippen LogP contribution in [0.4, 0.5) is 0 Å². The van der Waals surface area contributed by atoms with E-state index < -0.39 is 0 Å². The lowest BCUT2D eigenvalue weighted by molar-refractivity contribution is 0.540. The Morgan fingerprint density at radius 1 is 1.00 bits per heavy atom. The second-order valence-corrected chi connectivity index (χ2v) is 5.56. The predicted octanol–water partition coefficient (Wildman–Crippen LogP) is 3.79. The first kappa shape index (κ1) is 11.9. The lowest BCUT2D eigenvalue weighted by Crippen LogP contribution is -2.18. The van der Waals surface area contributed by atoms with Gasteiger partial charge in [-0.15, -0.1) is 0 Å². The SMILES string of the molecule is Cc1nn(-c2ccccc2)c(C(C)(C)C)c1C. The third-order valence-electron chi connectivity index (χ3n) is 3.07. The Morgan fingerprint density at radius 3 is 2.12 bits per heavy atom. The summed E-state index contributed by atoms with van der Waals surface area (Å²) in [6.07, 6.45) is 0. The summed E-state index contributed by atoms with van der Waals surface area (Å²) in [7, 11) is 0. The molecular weight excluding hydrogens is 208 g/mol. The second-order valence-electron chi connectivity index (χ2n) is 5.56. The number of nitrogens with zero attached hydrogens (tertiary/aromatic N) is 2. The molecule has 1 heterocycles. The molecule has 0 radical (unpaired) electrons. The summed E-state index contributed by atoms with van der Waals surface area (Å²) in [5.74, 6) is 0. The van der Waals surface area contributed by atoms with Gasteiger partial charge in [-0.05, 0) is 31.5 Å². The minimum atomic E-state index is 0.0984. The van der Waals surface area contributed by atoms with Gasteiger partial charge in [-0.3, -0.25) is 0 Å². The van der Waals surface area contributed by atoms with Crippen LogP contribution in [-0.4, -0.2) is 9.78 Å². The molecule has 0 aliphatic heterocycles. The molecule has 1 aromatic heterocycles. The van der Waals surface area contributed by atoms with Gasteiger partial charge in [0.1, 0.15) is 0 Å². The van der Waals surface area contributed by atoms with Crippen molar-refractivity contribution in [1.82, 2.24) is 9.78 Å². The summed E-state index contributed by atoms with van der Waals surface area (Å²) in [5.41, 5.74) is 4.93. The fraction of sp³-hybridized carbons (Fsp3) is 0.400. The van der Waals surface area contributed by atoms with Gasteiger partial charge in [0.15, 0.2) is 0 Å². The first-order chi connectivity index (χ1) is 7.91. The van der Waals surface area contributed by atoms with E-state index in [1.165, 1.54) is 11.3 Å². The van der Waals surface area contributed by atoms with Crippen LogP contribution in [0, 0.1) is 13.8 Å². The Kier molecular flexibility index (Phi) is 2.82. The van der Waals surface area contributed by atoms with Crippen LogP contribution >= 0.6 is 0 Å². The van der Waals surface area contributed by atoms with Crippen LogP contribution in [0.1, 0.15) is 37.7 Å². The van der Waals surface area contributed by atoms with E-state index in [9.17, 15) is 0 Å². The van der Waals surface area contributed by atoms with E-state index in [0.717, 1.165) is 11.4 Å². The molecule has 2 nitrogen and oxygen atoms in total. The summed E-state index contributed by atoms with van der Waals surface area (Å²) in [4.78, 5) is 0. The van der Waals surface area contributed by atoms with E-state index in [0.29, 0.717) is 0 Å². The number of hydrogen-bond acceptors (Lipinski definition) is 1. The quantitative estimate of drug-likeness (QED) is 0.726. The highest BCUT2D eigenvalue weighted by atomic mass is 15.3. The molecule has 90 valence electrons. The Balaban J connectivity index is 2.67. The zero-order chi connectivity index (χ0) is 12.6. The normalized spacial score (nSPS) is 11.8. The van der Waals surface area contributed by atoms with Gasteiger partial charge in [0, 0.05) is 5.41 Å². The monoisotopic (exact) mass is 228 g/mol. The van der Waals surface area contributed by atoms with Gasteiger partial charge in [0.25, 0.3) is 0 Å². The minimum Gasteiger partial charge on any atom is -0.237 e. The van der Waals surface area contributed by atoms with E-state index in [2.05, 4.69) is 56.5 Å². The van der Waals surface area contributed by atoms with Gasteiger partial charge >= 0.3 is 0 Å². The molecule has 0 aliphatic carbocycles. The summed E-state index contributed by atoms with van der Waals surface area (Å²) in [6.45, 7) is 10.9. The predicted molar refractivity (Wildman–Crippen MR) is 71.7 cm³/mol. The summed E-state index contributed by atoms with van der Waals surface area (Å²) < 4.78 is 2.07. The third-order valence-corrected chi connectivity index (χ3v) is 3.07. The number of aromatic nitrogens is 2. The molecule has 2 aromatic rings. The van der Waals surface area contributed by atoms with Crippen molar-refractivity contribution in [3.8, 4) is 5.69 Å². The lowest BCUT2D eigenvalue weighted by Gasteiger charge is -2.21. The van der Waals surface area contributed by atoms with Gasteiger partial charge < -0.3 is 0 Å². The van der Waals surface area contributed by atoms with Gasteiger partial charge in [-0.2, -0.15) is 5.10 Å². The van der Waals surface area contributed by atoms with Crippen LogP contribution in [-0.2, 0) is 5.41 Å². The molecule has 0 saturated carbocycles. The number of hydrogen-bond donors (Lipinski definition) is 0. The van der Waals surface area contributed by atoms with Crippen LogP contribution in [0.3, 0.4) is 0 Å². The Morgan fingerprint density at radius 2 is 1.59 bits per heavy atom. The molecule has 17 heavy (non-hydrogen) atoms. The largest absolute Gasteiger partial charge is 0.237 e. The molecule has 2 heteroatoms. The van der Waals surface area contributed by atoms with E-state index in [1.54, 1.807) is 0 Å². The second kappa shape index (κ2) is 4.02. The van der Waals surface area contributed by atoms with E-state index in [-0.39, 0.29) is 5.41 Å². The van der Waals surface area contributed by atoms with Crippen molar-refractivity contribution in [1.29, 1.82) is 0 Å². The fourth-order valence-electron chi connectivity index (χ4n) is 2.24.